The molecule has 0 aromatic rings. The highest BCUT2D eigenvalue weighted by Gasteiger charge is 1.97. The molecule has 0 amide bonds. The molecule has 0 aromatic heterocycles. The second-order valence-electron chi connectivity index (χ2n) is 1.53. The van der Waals surface area contributed by atoms with E-state index >= 15 is 0 Å². The van der Waals surface area contributed by atoms with Crippen LogP contribution >= 0.6 is 34.8 Å². The smallest absolute Gasteiger partial charge is 0.180 e. The molecule has 0 aliphatic heterocycles. The van der Waals surface area contributed by atoms with Crippen LogP contribution in [0, 0.1) is 0 Å². The first-order valence-electron chi connectivity index (χ1n) is 2.48. The van der Waals surface area contributed by atoms with E-state index in [4.69, 9.17) is 39.9 Å². The van der Waals surface area contributed by atoms with E-state index in [0.717, 1.165) is 0 Å². The van der Waals surface area contributed by atoms with Gasteiger partial charge in [0.1, 0.15) is 6.10 Å². The van der Waals surface area contributed by atoms with Crippen LogP contribution < -0.4 is 0 Å². The number of hydrogen-bond acceptors (Lipinski definition) is 2. The van der Waals surface area contributed by atoms with Gasteiger partial charge in [-0.3, -0.25) is 4.79 Å². The zero-order chi connectivity index (χ0) is 8.73. The van der Waals surface area contributed by atoms with Gasteiger partial charge in [-0.2, -0.15) is 0 Å². The van der Waals surface area contributed by atoms with Gasteiger partial charge in [0, 0.05) is 0 Å². The van der Waals surface area contributed by atoms with Crippen molar-refractivity contribution in [3.8, 4) is 0 Å². The largest absolute Gasteiger partial charge is 0.386 e. The molecule has 0 aliphatic carbocycles. The highest BCUT2D eigenvalue weighted by Crippen LogP contribution is 2.03. The fourth-order valence-electron chi connectivity index (χ4n) is 0. The molecule has 0 aliphatic rings. The van der Waals surface area contributed by atoms with Crippen LogP contribution in [-0.2, 0) is 4.79 Å². The Labute approximate surface area is 75.1 Å². The molecular weight excluding hydrogens is 198 g/mol. The number of carbonyl (C=O) groups is 1. The van der Waals surface area contributed by atoms with Crippen LogP contribution in [0.15, 0.2) is 0 Å². The number of ketones is 1. The Bertz CT molecular complexity index is 90.1. The summed E-state index contributed by atoms with van der Waals surface area (Å²) in [6, 6.07) is 0. The highest BCUT2D eigenvalue weighted by molar-refractivity contribution is 6.63. The molecule has 2 nitrogen and oxygen atoms in total. The minimum absolute atomic E-state index is 0.185. The Kier molecular flexibility index (Phi) is 9.97. The molecule has 0 radical (unpaired) electrons. The first-order chi connectivity index (χ1) is 4.37. The van der Waals surface area contributed by atoms with Crippen molar-refractivity contribution in [1.82, 2.24) is 0 Å². The van der Waals surface area contributed by atoms with E-state index in [9.17, 15) is 4.79 Å². The van der Waals surface area contributed by atoms with Gasteiger partial charge in [0.15, 0.2) is 10.1 Å². The molecular formula is C5H9Cl3O2. The molecule has 62 valence electrons. The van der Waals surface area contributed by atoms with E-state index in [2.05, 4.69) is 0 Å². The molecule has 1 unspecified atom stereocenters. The maximum absolute atomic E-state index is 9.89. The number of hydrogen-bond donors (Lipinski definition) is 1. The van der Waals surface area contributed by atoms with E-state index in [1.165, 1.54) is 13.8 Å². The lowest BCUT2D eigenvalue weighted by Crippen LogP contribution is -2.10. The van der Waals surface area contributed by atoms with Crippen molar-refractivity contribution in [2.45, 2.75) is 24.2 Å². The maximum atomic E-state index is 9.89. The monoisotopic (exact) mass is 206 g/mol. The van der Waals surface area contributed by atoms with Gasteiger partial charge in [0.2, 0.25) is 0 Å². The van der Waals surface area contributed by atoms with Gasteiger partial charge < -0.3 is 5.11 Å². The minimum atomic E-state index is -0.787. The molecule has 0 saturated carbocycles. The summed E-state index contributed by atoms with van der Waals surface area (Å²) in [5, 5.41) is 8.28. The standard InChI is InChI=1S/C4H8O2.CHCl3/c1-3(5)4(2)6;2-1(3)4/h3,5H,1-2H3;1H. The third-order valence-electron chi connectivity index (χ3n) is 0.588. The minimum Gasteiger partial charge on any atom is -0.386 e. The van der Waals surface area contributed by atoms with E-state index in [1.54, 1.807) is 0 Å². The lowest BCUT2D eigenvalue weighted by atomic mass is 10.3. The van der Waals surface area contributed by atoms with Crippen molar-refractivity contribution in [2.75, 3.05) is 0 Å². The molecule has 0 fully saturated rings. The first-order valence-corrected chi connectivity index (χ1v) is 3.79. The number of aliphatic hydroxyl groups is 1. The zero-order valence-corrected chi connectivity index (χ0v) is 7.91. The molecule has 0 heterocycles. The number of halogens is 3. The molecule has 0 saturated heterocycles. The van der Waals surface area contributed by atoms with Crippen molar-refractivity contribution in [3.63, 3.8) is 0 Å². The average molecular weight is 207 g/mol. The lowest BCUT2D eigenvalue weighted by molar-refractivity contribution is -0.124. The summed E-state index contributed by atoms with van der Waals surface area (Å²) < 4.78 is -0.750. The summed E-state index contributed by atoms with van der Waals surface area (Å²) >= 11 is 14.4. The van der Waals surface area contributed by atoms with Gasteiger partial charge in [0.05, 0.1) is 0 Å². The van der Waals surface area contributed by atoms with E-state index in [1.807, 2.05) is 0 Å². The summed E-state index contributed by atoms with van der Waals surface area (Å²) in [6.45, 7) is 2.80. The normalized spacial score (nSPS) is 11.9. The third kappa shape index (κ3) is 23.6. The van der Waals surface area contributed by atoms with Gasteiger partial charge in [-0.05, 0) is 13.8 Å². The summed E-state index contributed by atoms with van der Waals surface area (Å²) in [5.41, 5.74) is 0. The maximum Gasteiger partial charge on any atom is 0.180 e. The molecule has 0 spiro atoms. The molecule has 1 atom stereocenters. The lowest BCUT2D eigenvalue weighted by Gasteiger charge is -1.90. The Balaban J connectivity index is 0. The van der Waals surface area contributed by atoms with E-state index < -0.39 is 10.4 Å². The van der Waals surface area contributed by atoms with Gasteiger partial charge in [-0.15, -0.1) is 0 Å². The quantitative estimate of drug-likeness (QED) is 0.667. The third-order valence-corrected chi connectivity index (χ3v) is 0.588. The molecule has 0 rings (SSSR count). The van der Waals surface area contributed by atoms with Crippen molar-refractivity contribution in [1.29, 1.82) is 0 Å². The fourth-order valence-corrected chi connectivity index (χ4v) is 0. The van der Waals surface area contributed by atoms with Gasteiger partial charge in [-0.25, -0.2) is 0 Å². The summed E-state index contributed by atoms with van der Waals surface area (Å²) in [6.07, 6.45) is -0.787. The molecule has 0 bridgehead atoms. The summed E-state index contributed by atoms with van der Waals surface area (Å²) in [5.74, 6) is -0.185. The SMILES string of the molecule is CC(=O)C(C)O.ClC(Cl)Cl. The first kappa shape index (κ1) is 13.1. The second-order valence-corrected chi connectivity index (χ2v) is 3.51. The van der Waals surface area contributed by atoms with E-state index in [-0.39, 0.29) is 5.78 Å². The predicted molar refractivity (Wildman–Crippen MR) is 43.7 cm³/mol. The topological polar surface area (TPSA) is 37.3 Å². The summed E-state index contributed by atoms with van der Waals surface area (Å²) in [4.78, 5) is 9.89. The van der Waals surface area contributed by atoms with Crippen molar-refractivity contribution in [2.24, 2.45) is 0 Å². The number of alkyl halides is 3. The van der Waals surface area contributed by atoms with Gasteiger partial charge >= 0.3 is 0 Å². The Morgan fingerprint density at radius 1 is 1.40 bits per heavy atom. The van der Waals surface area contributed by atoms with Gasteiger partial charge in [-0.1, -0.05) is 34.8 Å². The van der Waals surface area contributed by atoms with Crippen LogP contribution in [0.5, 0.6) is 0 Å². The zero-order valence-electron chi connectivity index (χ0n) is 5.64. The van der Waals surface area contributed by atoms with E-state index in [0.29, 0.717) is 0 Å². The molecule has 1 N–H and O–H groups in total. The molecule has 5 heteroatoms. The second kappa shape index (κ2) is 7.61. The fraction of sp³-hybridized carbons (Fsp3) is 0.800. The molecule has 10 heavy (non-hydrogen) atoms. The van der Waals surface area contributed by atoms with Crippen molar-refractivity contribution < 1.29 is 9.90 Å². The Hall–Kier alpha value is 0.500. The molecule has 0 aromatic carbocycles. The average Bonchev–Trinajstić information content (AvgIpc) is 1.63. The Morgan fingerprint density at radius 3 is 1.50 bits per heavy atom. The van der Waals surface area contributed by atoms with Crippen LogP contribution in [-0.4, -0.2) is 21.3 Å². The predicted octanol–water partition coefficient (Wildman–Crippen LogP) is 1.94. The summed E-state index contributed by atoms with van der Waals surface area (Å²) in [7, 11) is 0. The van der Waals surface area contributed by atoms with Crippen LogP contribution in [0.1, 0.15) is 13.8 Å². The van der Waals surface area contributed by atoms with Crippen LogP contribution in [0.3, 0.4) is 0 Å². The van der Waals surface area contributed by atoms with Crippen LogP contribution in [0.2, 0.25) is 0 Å². The number of carbonyl (C=O) groups excluding carboxylic acids is 1. The van der Waals surface area contributed by atoms with Crippen LogP contribution in [0.25, 0.3) is 0 Å². The van der Waals surface area contributed by atoms with Crippen molar-refractivity contribution in [3.05, 3.63) is 0 Å². The Morgan fingerprint density at radius 2 is 1.50 bits per heavy atom. The van der Waals surface area contributed by atoms with Crippen LogP contribution in [0.4, 0.5) is 0 Å². The number of Topliss-reactive ketones (excluding diaryl/α,β-unsaturated/α-hetero) is 1. The number of aliphatic hydroxyl groups excluding tert-OH is 1. The highest BCUT2D eigenvalue weighted by atomic mass is 35.6. The van der Waals surface area contributed by atoms with Crippen molar-refractivity contribution >= 4 is 40.6 Å². The van der Waals surface area contributed by atoms with Gasteiger partial charge in [0.25, 0.3) is 0 Å². The number of rotatable bonds is 1.